The number of carboxylic acids is 1. The van der Waals surface area contributed by atoms with Crippen molar-refractivity contribution in [2.75, 3.05) is 13.2 Å². The summed E-state index contributed by atoms with van der Waals surface area (Å²) in [4.78, 5) is 22.7. The second kappa shape index (κ2) is 10.3. The fourth-order valence-electron chi connectivity index (χ4n) is 3.59. The number of aliphatic hydroxyl groups is 4. The number of carboxylic acid groups (broad SMARTS) is 1. The van der Waals surface area contributed by atoms with E-state index >= 15 is 0 Å². The Bertz CT molecular complexity index is 533. The van der Waals surface area contributed by atoms with Gasteiger partial charge in [0.25, 0.3) is 0 Å². The highest BCUT2D eigenvalue weighted by atomic mass is 16.7. The van der Waals surface area contributed by atoms with Gasteiger partial charge in [-0.1, -0.05) is 12.2 Å². The van der Waals surface area contributed by atoms with Crippen LogP contribution in [0, 0.1) is 11.8 Å². The lowest BCUT2D eigenvalue weighted by atomic mass is 9.89. The fraction of sp³-hybridized carbons (Fsp3) is 0.778. The Hall–Kier alpha value is -1.36. The molecular weight excluding hydrogens is 360 g/mol. The Morgan fingerprint density at radius 3 is 2.59 bits per heavy atom. The molecule has 0 aromatic rings. The lowest BCUT2D eigenvalue weighted by molar-refractivity contribution is -0.300. The zero-order valence-corrected chi connectivity index (χ0v) is 15.0. The number of hydrogen-bond donors (Lipinski definition) is 5. The van der Waals surface area contributed by atoms with Crippen LogP contribution in [0.3, 0.4) is 0 Å². The maximum atomic E-state index is 11.9. The third-order valence-corrected chi connectivity index (χ3v) is 5.15. The van der Waals surface area contributed by atoms with E-state index in [2.05, 4.69) is 0 Å². The van der Waals surface area contributed by atoms with Gasteiger partial charge in [0.2, 0.25) is 0 Å². The van der Waals surface area contributed by atoms with Gasteiger partial charge in [0.05, 0.1) is 13.2 Å². The number of ketones is 1. The topological polar surface area (TPSA) is 154 Å². The van der Waals surface area contributed by atoms with E-state index in [1.54, 1.807) is 6.08 Å². The monoisotopic (exact) mass is 388 g/mol. The molecule has 2 aliphatic rings. The SMILES string of the molecule is O=C(O)C[C@H]1CCC(=O)[C@@H]1C/C=C\CCO[C@@H]1O[C@@H](CO)[C@H](O)[C@@H](O)[C@@H]1O. The molecule has 7 atom stereocenters. The second-order valence-electron chi connectivity index (χ2n) is 7.03. The van der Waals surface area contributed by atoms with Gasteiger partial charge in [-0.15, -0.1) is 0 Å². The van der Waals surface area contributed by atoms with E-state index in [1.807, 2.05) is 6.08 Å². The molecule has 27 heavy (non-hydrogen) atoms. The van der Waals surface area contributed by atoms with Crippen LogP contribution in [-0.4, -0.2) is 81.2 Å². The molecule has 154 valence electrons. The van der Waals surface area contributed by atoms with Crippen molar-refractivity contribution in [3.05, 3.63) is 12.2 Å². The maximum absolute atomic E-state index is 11.9. The first kappa shape index (κ1) is 21.9. The molecule has 2 rings (SSSR count). The zero-order valence-electron chi connectivity index (χ0n) is 15.0. The maximum Gasteiger partial charge on any atom is 0.303 e. The first-order valence-electron chi connectivity index (χ1n) is 9.16. The molecule has 1 saturated heterocycles. The summed E-state index contributed by atoms with van der Waals surface area (Å²) < 4.78 is 10.6. The summed E-state index contributed by atoms with van der Waals surface area (Å²) in [6.45, 7) is -0.353. The molecule has 0 amide bonds. The average Bonchev–Trinajstić information content (AvgIpc) is 2.96. The molecule has 5 N–H and O–H groups in total. The minimum Gasteiger partial charge on any atom is -0.481 e. The lowest BCUT2D eigenvalue weighted by Crippen LogP contribution is -2.59. The highest BCUT2D eigenvalue weighted by molar-refractivity contribution is 5.84. The van der Waals surface area contributed by atoms with Crippen LogP contribution in [-0.2, 0) is 19.1 Å². The Morgan fingerprint density at radius 2 is 1.93 bits per heavy atom. The molecule has 1 aliphatic heterocycles. The van der Waals surface area contributed by atoms with E-state index in [0.29, 0.717) is 25.7 Å². The molecule has 0 radical (unpaired) electrons. The molecule has 1 aliphatic carbocycles. The smallest absolute Gasteiger partial charge is 0.303 e. The number of rotatable bonds is 9. The summed E-state index contributed by atoms with van der Waals surface area (Å²) in [5.41, 5.74) is 0. The molecular formula is C18H28O9. The van der Waals surface area contributed by atoms with E-state index < -0.39 is 43.3 Å². The van der Waals surface area contributed by atoms with Crippen LogP contribution in [0.25, 0.3) is 0 Å². The van der Waals surface area contributed by atoms with E-state index in [1.165, 1.54) is 0 Å². The first-order valence-corrected chi connectivity index (χ1v) is 9.16. The number of Topliss-reactive ketones (excluding diaryl/α,β-unsaturated/α-hetero) is 1. The third-order valence-electron chi connectivity index (χ3n) is 5.15. The molecule has 9 heteroatoms. The van der Waals surface area contributed by atoms with Gasteiger partial charge in [-0.25, -0.2) is 0 Å². The number of hydrogen-bond acceptors (Lipinski definition) is 8. The number of carbonyl (C=O) groups is 2. The average molecular weight is 388 g/mol. The summed E-state index contributed by atoms with van der Waals surface area (Å²) >= 11 is 0. The standard InChI is InChI=1S/C18H28O9/c19-9-13-15(23)16(24)17(25)18(27-13)26-7-3-1-2-4-11-10(8-14(21)22)5-6-12(11)20/h1-2,10-11,13,15-19,23-25H,3-9H2,(H,21,22)/b2-1-/t10-,11-,13+,15+,16-,17+,18-/m1/s1. The van der Waals surface area contributed by atoms with E-state index in [4.69, 9.17) is 19.7 Å². The van der Waals surface area contributed by atoms with Crippen molar-refractivity contribution in [1.29, 1.82) is 0 Å². The molecule has 0 unspecified atom stereocenters. The van der Waals surface area contributed by atoms with Gasteiger partial charge in [0.1, 0.15) is 30.2 Å². The predicted molar refractivity (Wildman–Crippen MR) is 91.6 cm³/mol. The zero-order chi connectivity index (χ0) is 20.0. The van der Waals surface area contributed by atoms with Crippen molar-refractivity contribution in [3.8, 4) is 0 Å². The van der Waals surface area contributed by atoms with Gasteiger partial charge < -0.3 is 35.0 Å². The first-order chi connectivity index (χ1) is 12.8. The summed E-state index contributed by atoms with van der Waals surface area (Å²) in [6, 6.07) is 0. The third kappa shape index (κ3) is 5.81. The lowest BCUT2D eigenvalue weighted by Gasteiger charge is -2.39. The van der Waals surface area contributed by atoms with Crippen LogP contribution < -0.4 is 0 Å². The highest BCUT2D eigenvalue weighted by Gasteiger charge is 2.43. The van der Waals surface area contributed by atoms with Crippen molar-refractivity contribution >= 4 is 11.8 Å². The van der Waals surface area contributed by atoms with Crippen LogP contribution in [0.2, 0.25) is 0 Å². The number of allylic oxidation sites excluding steroid dienone is 1. The second-order valence-corrected chi connectivity index (χ2v) is 7.03. The number of ether oxygens (including phenoxy) is 2. The van der Waals surface area contributed by atoms with Gasteiger partial charge in [0, 0.05) is 18.8 Å². The van der Waals surface area contributed by atoms with Crippen LogP contribution in [0.15, 0.2) is 12.2 Å². The summed E-state index contributed by atoms with van der Waals surface area (Å²) in [5, 5.41) is 47.3. The Labute approximate surface area is 157 Å². The van der Waals surface area contributed by atoms with E-state index in [9.17, 15) is 24.9 Å². The van der Waals surface area contributed by atoms with Gasteiger partial charge in [-0.2, -0.15) is 0 Å². The molecule has 0 spiro atoms. The summed E-state index contributed by atoms with van der Waals surface area (Å²) in [6.07, 6.45) is -0.898. The number of carbonyl (C=O) groups excluding carboxylic acids is 1. The number of aliphatic hydroxyl groups excluding tert-OH is 4. The van der Waals surface area contributed by atoms with Gasteiger partial charge in [-0.3, -0.25) is 9.59 Å². The van der Waals surface area contributed by atoms with Crippen LogP contribution in [0.4, 0.5) is 0 Å². The minimum atomic E-state index is -1.48. The van der Waals surface area contributed by atoms with Crippen molar-refractivity contribution in [2.45, 2.75) is 62.8 Å². The van der Waals surface area contributed by atoms with Crippen LogP contribution >= 0.6 is 0 Å². The molecule has 0 bridgehead atoms. The normalized spacial score (nSPS) is 37.2. The largest absolute Gasteiger partial charge is 0.481 e. The van der Waals surface area contributed by atoms with Crippen molar-refractivity contribution in [2.24, 2.45) is 11.8 Å². The van der Waals surface area contributed by atoms with Crippen molar-refractivity contribution in [1.82, 2.24) is 0 Å². The highest BCUT2D eigenvalue weighted by Crippen LogP contribution is 2.34. The Balaban J connectivity index is 1.73. The van der Waals surface area contributed by atoms with Gasteiger partial charge in [0.15, 0.2) is 6.29 Å². The van der Waals surface area contributed by atoms with Crippen LogP contribution in [0.1, 0.15) is 32.1 Å². The van der Waals surface area contributed by atoms with Crippen molar-refractivity contribution < 1.29 is 44.6 Å². The molecule has 1 saturated carbocycles. The van der Waals surface area contributed by atoms with Crippen molar-refractivity contribution in [3.63, 3.8) is 0 Å². The predicted octanol–water partition coefficient (Wildman–Crippen LogP) is -0.791. The fourth-order valence-corrected chi connectivity index (χ4v) is 3.59. The summed E-state index contributed by atoms with van der Waals surface area (Å²) in [5.74, 6) is -1.17. The van der Waals surface area contributed by atoms with Gasteiger partial charge in [-0.05, 0) is 25.2 Å². The quantitative estimate of drug-likeness (QED) is 0.252. The molecule has 0 aromatic heterocycles. The van der Waals surface area contributed by atoms with E-state index in [-0.39, 0.29) is 30.6 Å². The minimum absolute atomic E-state index is 0.00443. The van der Waals surface area contributed by atoms with E-state index in [0.717, 1.165) is 0 Å². The molecule has 1 heterocycles. The Kier molecular flexibility index (Phi) is 8.33. The Morgan fingerprint density at radius 1 is 1.19 bits per heavy atom. The molecule has 0 aromatic carbocycles. The summed E-state index contributed by atoms with van der Waals surface area (Å²) in [7, 11) is 0. The van der Waals surface area contributed by atoms with Gasteiger partial charge >= 0.3 is 5.97 Å². The molecule has 9 nitrogen and oxygen atoms in total. The van der Waals surface area contributed by atoms with Crippen LogP contribution in [0.5, 0.6) is 0 Å². The molecule has 2 fully saturated rings. The number of aliphatic carboxylic acids is 1.